The van der Waals surface area contributed by atoms with E-state index in [4.69, 9.17) is 4.74 Å². The lowest BCUT2D eigenvalue weighted by atomic mass is 10.1. The molecule has 0 spiro atoms. The number of ether oxygens (including phenoxy) is 1. The highest BCUT2D eigenvalue weighted by molar-refractivity contribution is 7.99. The predicted octanol–water partition coefficient (Wildman–Crippen LogP) is 3.24. The molecule has 1 amide bonds. The summed E-state index contributed by atoms with van der Waals surface area (Å²) in [6.45, 7) is 1.96. The van der Waals surface area contributed by atoms with Crippen molar-refractivity contribution in [3.05, 3.63) is 30.0 Å². The summed E-state index contributed by atoms with van der Waals surface area (Å²) in [4.78, 5) is 16.8. The molecule has 0 unspecified atom stereocenters. The molecule has 0 saturated carbocycles. The number of carbonyl (C=O) groups is 1. The van der Waals surface area contributed by atoms with E-state index in [9.17, 15) is 4.79 Å². The number of nitrogens with zero attached hydrogens (tertiary/aromatic N) is 1. The van der Waals surface area contributed by atoms with E-state index in [0.717, 1.165) is 45.8 Å². The van der Waals surface area contributed by atoms with Gasteiger partial charge in [-0.2, -0.15) is 11.8 Å². The summed E-state index contributed by atoms with van der Waals surface area (Å²) >= 11 is 1.84. The largest absolute Gasteiger partial charge is 0.494 e. The van der Waals surface area contributed by atoms with Crippen LogP contribution >= 0.6 is 11.8 Å². The van der Waals surface area contributed by atoms with Crippen LogP contribution in [0.4, 0.5) is 5.69 Å². The van der Waals surface area contributed by atoms with Crippen molar-refractivity contribution in [1.82, 2.24) is 4.98 Å². The van der Waals surface area contributed by atoms with E-state index in [-0.39, 0.29) is 11.8 Å². The molecular weight excluding hydrogens is 284 g/mol. The highest BCUT2D eigenvalue weighted by Gasteiger charge is 2.24. The summed E-state index contributed by atoms with van der Waals surface area (Å²) < 4.78 is 5.35. The molecule has 1 aromatic heterocycles. The van der Waals surface area contributed by atoms with Gasteiger partial charge in [-0.3, -0.25) is 9.78 Å². The van der Waals surface area contributed by atoms with Crippen molar-refractivity contribution in [3.63, 3.8) is 0 Å². The molecule has 1 saturated heterocycles. The number of hydrogen-bond acceptors (Lipinski definition) is 4. The lowest BCUT2D eigenvalue weighted by Gasteiger charge is -2.15. The number of anilines is 1. The van der Waals surface area contributed by atoms with Gasteiger partial charge in [0.05, 0.1) is 12.8 Å². The summed E-state index contributed by atoms with van der Waals surface area (Å²) in [5.41, 5.74) is 2.59. The molecule has 1 aliphatic rings. The number of hydrogen-bond donors (Lipinski definition) is 1. The number of fused-ring (bicyclic) bond motifs is 1. The first kappa shape index (κ1) is 14.2. The Labute approximate surface area is 128 Å². The Bertz CT molecular complexity index is 681. The SMILES string of the molecule is COc1cccc2c(NC(=O)[C@H]3CCSC3)c(C)cnc12. The van der Waals surface area contributed by atoms with Crippen LogP contribution in [0, 0.1) is 12.8 Å². The summed E-state index contributed by atoms with van der Waals surface area (Å²) in [7, 11) is 1.63. The van der Waals surface area contributed by atoms with Crippen LogP contribution in [0.15, 0.2) is 24.4 Å². The van der Waals surface area contributed by atoms with Crippen molar-refractivity contribution in [2.24, 2.45) is 5.92 Å². The van der Waals surface area contributed by atoms with Gasteiger partial charge < -0.3 is 10.1 Å². The Hall–Kier alpha value is -1.75. The summed E-state index contributed by atoms with van der Waals surface area (Å²) in [6, 6.07) is 5.77. The number of methoxy groups -OCH3 is 1. The Morgan fingerprint density at radius 1 is 1.48 bits per heavy atom. The van der Waals surface area contributed by atoms with Crippen molar-refractivity contribution < 1.29 is 9.53 Å². The maximum Gasteiger partial charge on any atom is 0.228 e. The maximum absolute atomic E-state index is 12.4. The number of amides is 1. The highest BCUT2D eigenvalue weighted by atomic mass is 32.2. The summed E-state index contributed by atoms with van der Waals surface area (Å²) in [5, 5.41) is 4.02. The zero-order valence-corrected chi connectivity index (χ0v) is 13.0. The van der Waals surface area contributed by atoms with Crippen LogP contribution in [-0.2, 0) is 4.79 Å². The number of benzene rings is 1. The molecule has 0 radical (unpaired) electrons. The average Bonchev–Trinajstić information content (AvgIpc) is 3.03. The minimum Gasteiger partial charge on any atom is -0.494 e. The van der Waals surface area contributed by atoms with E-state index < -0.39 is 0 Å². The van der Waals surface area contributed by atoms with Crippen LogP contribution in [0.5, 0.6) is 5.75 Å². The van der Waals surface area contributed by atoms with Gasteiger partial charge in [0.2, 0.25) is 5.91 Å². The van der Waals surface area contributed by atoms with E-state index in [0.29, 0.717) is 0 Å². The number of para-hydroxylation sites is 1. The number of aryl methyl sites for hydroxylation is 1. The van der Waals surface area contributed by atoms with Crippen molar-refractivity contribution in [2.45, 2.75) is 13.3 Å². The molecule has 1 fully saturated rings. The van der Waals surface area contributed by atoms with E-state index in [1.54, 1.807) is 13.3 Å². The number of thioether (sulfide) groups is 1. The van der Waals surface area contributed by atoms with Crippen molar-refractivity contribution in [3.8, 4) is 5.75 Å². The average molecular weight is 302 g/mol. The van der Waals surface area contributed by atoms with Crippen LogP contribution < -0.4 is 10.1 Å². The Morgan fingerprint density at radius 3 is 3.05 bits per heavy atom. The second-order valence-corrected chi connectivity index (χ2v) is 6.37. The molecule has 3 rings (SSSR count). The quantitative estimate of drug-likeness (QED) is 0.945. The van der Waals surface area contributed by atoms with Crippen molar-refractivity contribution >= 4 is 34.3 Å². The van der Waals surface area contributed by atoms with E-state index >= 15 is 0 Å². The molecule has 21 heavy (non-hydrogen) atoms. The molecule has 2 heterocycles. The minimum absolute atomic E-state index is 0.110. The number of carbonyl (C=O) groups excluding carboxylic acids is 1. The lowest BCUT2D eigenvalue weighted by Crippen LogP contribution is -2.23. The van der Waals surface area contributed by atoms with E-state index in [2.05, 4.69) is 10.3 Å². The topological polar surface area (TPSA) is 51.2 Å². The predicted molar refractivity (Wildman–Crippen MR) is 87.1 cm³/mol. The van der Waals surface area contributed by atoms with Crippen LogP contribution in [0.2, 0.25) is 0 Å². The Kier molecular flexibility index (Phi) is 4.01. The van der Waals surface area contributed by atoms with Crippen LogP contribution in [0.1, 0.15) is 12.0 Å². The Morgan fingerprint density at radius 2 is 2.33 bits per heavy atom. The molecule has 2 aromatic rings. The highest BCUT2D eigenvalue weighted by Crippen LogP contribution is 2.32. The number of pyridine rings is 1. The number of nitrogens with one attached hydrogen (secondary N) is 1. The zero-order chi connectivity index (χ0) is 14.8. The fourth-order valence-corrected chi connectivity index (χ4v) is 3.81. The zero-order valence-electron chi connectivity index (χ0n) is 12.2. The van der Waals surface area contributed by atoms with Gasteiger partial charge in [-0.1, -0.05) is 12.1 Å². The van der Waals surface area contributed by atoms with Crippen molar-refractivity contribution in [2.75, 3.05) is 23.9 Å². The van der Waals surface area contributed by atoms with Gasteiger partial charge >= 0.3 is 0 Å². The normalized spacial score (nSPS) is 17.9. The Balaban J connectivity index is 2.00. The summed E-state index contributed by atoms with van der Waals surface area (Å²) in [6.07, 6.45) is 2.74. The van der Waals surface area contributed by atoms with Crippen molar-refractivity contribution in [1.29, 1.82) is 0 Å². The van der Waals surface area contributed by atoms with Gasteiger partial charge in [0.1, 0.15) is 11.3 Å². The second-order valence-electron chi connectivity index (χ2n) is 5.22. The molecule has 1 aliphatic heterocycles. The third-order valence-corrected chi connectivity index (χ3v) is 4.98. The molecule has 1 aromatic carbocycles. The van der Waals surface area contributed by atoms with E-state index in [1.807, 2.05) is 36.9 Å². The molecule has 0 bridgehead atoms. The second kappa shape index (κ2) is 5.93. The summed E-state index contributed by atoms with van der Waals surface area (Å²) in [5.74, 6) is 2.93. The van der Waals surface area contributed by atoms with E-state index in [1.165, 1.54) is 0 Å². The fourth-order valence-electron chi connectivity index (χ4n) is 2.59. The third-order valence-electron chi connectivity index (χ3n) is 3.82. The van der Waals surface area contributed by atoms with Crippen LogP contribution in [0.3, 0.4) is 0 Å². The van der Waals surface area contributed by atoms with Crippen LogP contribution in [0.25, 0.3) is 10.9 Å². The molecule has 110 valence electrons. The van der Waals surface area contributed by atoms with Gasteiger partial charge in [-0.25, -0.2) is 0 Å². The smallest absolute Gasteiger partial charge is 0.228 e. The third kappa shape index (κ3) is 2.70. The molecule has 1 N–H and O–H groups in total. The number of rotatable bonds is 3. The molecule has 0 aliphatic carbocycles. The van der Waals surface area contributed by atoms with Gasteiger partial charge in [-0.15, -0.1) is 0 Å². The van der Waals surface area contributed by atoms with Gasteiger partial charge in [-0.05, 0) is 30.7 Å². The van der Waals surface area contributed by atoms with Gasteiger partial charge in [0.15, 0.2) is 0 Å². The molecular formula is C16H18N2O2S. The molecule has 5 heteroatoms. The first-order valence-electron chi connectivity index (χ1n) is 7.01. The van der Waals surface area contributed by atoms with Gasteiger partial charge in [0, 0.05) is 23.3 Å². The maximum atomic E-state index is 12.4. The van der Waals surface area contributed by atoms with Crippen LogP contribution in [-0.4, -0.2) is 29.5 Å². The number of aromatic nitrogens is 1. The first-order chi connectivity index (χ1) is 10.2. The first-order valence-corrected chi connectivity index (χ1v) is 8.17. The monoisotopic (exact) mass is 302 g/mol. The molecule has 4 nitrogen and oxygen atoms in total. The molecule has 1 atom stereocenters. The minimum atomic E-state index is 0.110. The van der Waals surface area contributed by atoms with Gasteiger partial charge in [0.25, 0.3) is 0 Å². The lowest BCUT2D eigenvalue weighted by molar-refractivity contribution is -0.119. The fraction of sp³-hybridized carbons (Fsp3) is 0.375. The standard InChI is InChI=1S/C16H18N2O2S/c1-10-8-17-15-12(4-3-5-13(15)20-2)14(10)18-16(19)11-6-7-21-9-11/h3-5,8,11H,6-7,9H2,1-2H3,(H,17,18,19)/t11-/m0/s1.